The molecule has 0 fully saturated rings. The highest BCUT2D eigenvalue weighted by molar-refractivity contribution is 9.10. The minimum absolute atomic E-state index is 0.118. The lowest BCUT2D eigenvalue weighted by atomic mass is 10.0. The minimum atomic E-state index is -3.56. The van der Waals surface area contributed by atoms with E-state index in [4.69, 9.17) is 5.11 Å². The van der Waals surface area contributed by atoms with Crippen LogP contribution >= 0.6 is 15.9 Å². The van der Waals surface area contributed by atoms with Crippen LogP contribution in [0.4, 0.5) is 0 Å². The summed E-state index contributed by atoms with van der Waals surface area (Å²) >= 11 is 3.22. The van der Waals surface area contributed by atoms with Gasteiger partial charge < -0.3 is 5.11 Å². The lowest BCUT2D eigenvalue weighted by Gasteiger charge is -2.24. The van der Waals surface area contributed by atoms with Crippen molar-refractivity contribution in [3.63, 3.8) is 0 Å². The van der Waals surface area contributed by atoms with Gasteiger partial charge in [-0.15, -0.1) is 0 Å². The van der Waals surface area contributed by atoms with Gasteiger partial charge in [0.05, 0.1) is 11.5 Å². The van der Waals surface area contributed by atoms with Crippen molar-refractivity contribution in [1.29, 1.82) is 0 Å². The number of aliphatic hydroxyl groups excluding tert-OH is 1. The molecule has 0 spiro atoms. The number of sulfonamides is 1. The maximum atomic E-state index is 12.2. The van der Waals surface area contributed by atoms with Crippen molar-refractivity contribution in [3.05, 3.63) is 28.2 Å². The van der Waals surface area contributed by atoms with Crippen LogP contribution in [0.3, 0.4) is 0 Å². The molecular formula is C12H18BrNO3S. The van der Waals surface area contributed by atoms with Crippen molar-refractivity contribution in [2.45, 2.75) is 44.2 Å². The predicted molar refractivity (Wildman–Crippen MR) is 74.8 cm³/mol. The second kappa shape index (κ2) is 5.69. The van der Waals surface area contributed by atoms with Crippen molar-refractivity contribution < 1.29 is 13.5 Å². The fraction of sp³-hybridized carbons (Fsp3) is 0.500. The third kappa shape index (κ3) is 3.78. The van der Waals surface area contributed by atoms with Crippen LogP contribution in [0.5, 0.6) is 0 Å². The lowest BCUT2D eigenvalue weighted by Crippen LogP contribution is -2.42. The molecule has 0 aliphatic carbocycles. The summed E-state index contributed by atoms with van der Waals surface area (Å²) in [7, 11) is -3.56. The SMILES string of the molecule is CCC(C)(C)NS(=O)(=O)c1ccc(CO)cc1Br. The predicted octanol–water partition coefficient (Wildman–Crippen LogP) is 2.41. The summed E-state index contributed by atoms with van der Waals surface area (Å²) in [6.07, 6.45) is 0.693. The average Bonchev–Trinajstić information content (AvgIpc) is 2.27. The molecule has 6 heteroatoms. The Hall–Kier alpha value is -0.430. The van der Waals surface area contributed by atoms with Crippen molar-refractivity contribution in [1.82, 2.24) is 4.72 Å². The first-order valence-electron chi connectivity index (χ1n) is 5.65. The third-order valence-electron chi connectivity index (χ3n) is 2.76. The Kier molecular flexibility index (Phi) is 4.94. The van der Waals surface area contributed by atoms with Crippen LogP contribution in [0.25, 0.3) is 0 Å². The molecule has 4 nitrogen and oxygen atoms in total. The Morgan fingerprint density at radius 3 is 2.44 bits per heavy atom. The van der Waals surface area contributed by atoms with Gasteiger partial charge in [0.15, 0.2) is 0 Å². The number of aliphatic hydroxyl groups is 1. The van der Waals surface area contributed by atoms with E-state index in [0.717, 1.165) is 0 Å². The van der Waals surface area contributed by atoms with E-state index in [1.54, 1.807) is 12.1 Å². The van der Waals surface area contributed by atoms with E-state index >= 15 is 0 Å². The molecule has 0 aliphatic heterocycles. The highest BCUT2D eigenvalue weighted by atomic mass is 79.9. The molecule has 0 amide bonds. The van der Waals surface area contributed by atoms with Crippen LogP contribution in [-0.2, 0) is 16.6 Å². The van der Waals surface area contributed by atoms with Crippen molar-refractivity contribution in [3.8, 4) is 0 Å². The summed E-state index contributed by atoms with van der Waals surface area (Å²) < 4.78 is 27.6. The van der Waals surface area contributed by atoms with Crippen LogP contribution in [0.15, 0.2) is 27.6 Å². The molecule has 1 aromatic carbocycles. The van der Waals surface area contributed by atoms with Crippen molar-refractivity contribution in [2.24, 2.45) is 0 Å². The summed E-state index contributed by atoms with van der Waals surface area (Å²) in [5.74, 6) is 0. The van der Waals surface area contributed by atoms with E-state index in [1.807, 2.05) is 20.8 Å². The molecule has 1 aromatic rings. The fourth-order valence-corrected chi connectivity index (χ4v) is 3.96. The monoisotopic (exact) mass is 335 g/mol. The molecule has 2 N–H and O–H groups in total. The van der Waals surface area contributed by atoms with Crippen LogP contribution in [0, 0.1) is 0 Å². The van der Waals surface area contributed by atoms with E-state index in [1.165, 1.54) is 6.07 Å². The van der Waals surface area contributed by atoms with Crippen LogP contribution in [-0.4, -0.2) is 19.1 Å². The third-order valence-corrected chi connectivity index (χ3v) is 5.44. The largest absolute Gasteiger partial charge is 0.392 e. The van der Waals surface area contributed by atoms with Crippen LogP contribution < -0.4 is 4.72 Å². The van der Waals surface area contributed by atoms with Gasteiger partial charge in [-0.1, -0.05) is 13.0 Å². The van der Waals surface area contributed by atoms with E-state index in [0.29, 0.717) is 16.5 Å². The van der Waals surface area contributed by atoms with Gasteiger partial charge >= 0.3 is 0 Å². The van der Waals surface area contributed by atoms with E-state index in [-0.39, 0.29) is 11.5 Å². The van der Waals surface area contributed by atoms with Crippen molar-refractivity contribution in [2.75, 3.05) is 0 Å². The van der Waals surface area contributed by atoms with Gasteiger partial charge in [-0.2, -0.15) is 0 Å². The Labute approximate surface area is 117 Å². The maximum absolute atomic E-state index is 12.2. The smallest absolute Gasteiger partial charge is 0.242 e. The summed E-state index contributed by atoms with van der Waals surface area (Å²) in [6.45, 7) is 5.47. The first-order valence-corrected chi connectivity index (χ1v) is 7.93. The number of hydrogen-bond acceptors (Lipinski definition) is 3. The first-order chi connectivity index (χ1) is 8.22. The molecule has 0 saturated heterocycles. The van der Waals surface area contributed by atoms with Gasteiger partial charge in [-0.3, -0.25) is 0 Å². The Balaban J connectivity index is 3.14. The molecule has 0 aliphatic rings. The molecule has 0 aromatic heterocycles. The molecule has 0 saturated carbocycles. The molecule has 1 rings (SSSR count). The Bertz CT molecular complexity index is 526. The number of rotatable bonds is 5. The van der Waals surface area contributed by atoms with Crippen LogP contribution in [0.2, 0.25) is 0 Å². The zero-order chi connectivity index (χ0) is 14.0. The van der Waals surface area contributed by atoms with Gasteiger partial charge in [0.2, 0.25) is 10.0 Å². The number of benzene rings is 1. The van der Waals surface area contributed by atoms with Gasteiger partial charge in [-0.25, -0.2) is 13.1 Å². The summed E-state index contributed by atoms with van der Waals surface area (Å²) in [4.78, 5) is 0.182. The maximum Gasteiger partial charge on any atom is 0.242 e. The van der Waals surface area contributed by atoms with Crippen molar-refractivity contribution >= 4 is 26.0 Å². The number of hydrogen-bond donors (Lipinski definition) is 2. The average molecular weight is 336 g/mol. The second-order valence-electron chi connectivity index (χ2n) is 4.77. The van der Waals surface area contributed by atoms with Gasteiger partial charge in [0.25, 0.3) is 0 Å². The van der Waals surface area contributed by atoms with E-state index < -0.39 is 15.6 Å². The Morgan fingerprint density at radius 1 is 1.39 bits per heavy atom. The number of nitrogens with one attached hydrogen (secondary N) is 1. The van der Waals surface area contributed by atoms with Gasteiger partial charge in [0, 0.05) is 10.0 Å². The highest BCUT2D eigenvalue weighted by Gasteiger charge is 2.26. The number of halogens is 1. The first kappa shape index (κ1) is 15.6. The Morgan fingerprint density at radius 2 is 2.00 bits per heavy atom. The molecular weight excluding hydrogens is 318 g/mol. The van der Waals surface area contributed by atoms with E-state index in [2.05, 4.69) is 20.7 Å². The molecule has 102 valence electrons. The zero-order valence-electron chi connectivity index (χ0n) is 10.7. The van der Waals surface area contributed by atoms with E-state index in [9.17, 15) is 8.42 Å². The molecule has 0 bridgehead atoms. The zero-order valence-corrected chi connectivity index (χ0v) is 13.1. The summed E-state index contributed by atoms with van der Waals surface area (Å²) in [6, 6.07) is 4.69. The lowest BCUT2D eigenvalue weighted by molar-refractivity contribution is 0.281. The normalized spacial score (nSPS) is 12.7. The van der Waals surface area contributed by atoms with Gasteiger partial charge in [-0.05, 0) is 53.9 Å². The van der Waals surface area contributed by atoms with Gasteiger partial charge in [0.1, 0.15) is 0 Å². The minimum Gasteiger partial charge on any atom is -0.392 e. The summed E-state index contributed by atoms with van der Waals surface area (Å²) in [5.41, 5.74) is 0.170. The van der Waals surface area contributed by atoms with Crippen LogP contribution in [0.1, 0.15) is 32.8 Å². The fourth-order valence-electron chi connectivity index (χ4n) is 1.35. The summed E-state index contributed by atoms with van der Waals surface area (Å²) in [5, 5.41) is 8.99. The molecule has 0 unspecified atom stereocenters. The second-order valence-corrected chi connectivity index (χ2v) is 7.27. The molecule has 18 heavy (non-hydrogen) atoms. The molecule has 0 heterocycles. The molecule has 0 radical (unpaired) electrons. The molecule has 0 atom stereocenters. The standard InChI is InChI=1S/C12H18BrNO3S/c1-4-12(2,3)14-18(16,17)11-6-5-9(8-15)7-10(11)13/h5-7,14-15H,4,8H2,1-3H3. The quantitative estimate of drug-likeness (QED) is 0.868. The highest BCUT2D eigenvalue weighted by Crippen LogP contribution is 2.25. The topological polar surface area (TPSA) is 66.4 Å².